The third kappa shape index (κ3) is 4.24. The van der Waals surface area contributed by atoms with Crippen molar-refractivity contribution in [2.75, 3.05) is 11.9 Å². The molecule has 1 saturated carbocycles. The minimum absolute atomic E-state index is 0.0551. The largest absolute Gasteiger partial charge is 0.417 e. The summed E-state index contributed by atoms with van der Waals surface area (Å²) in [6.45, 7) is 0.0933. The molecule has 146 valence electrons. The predicted molar refractivity (Wildman–Crippen MR) is 94.1 cm³/mol. The maximum atomic E-state index is 12.6. The number of nitrogens with zero attached hydrogens (tertiary/aromatic N) is 3. The van der Waals surface area contributed by atoms with Gasteiger partial charge < -0.3 is 10.4 Å². The van der Waals surface area contributed by atoms with E-state index in [0.29, 0.717) is 18.3 Å². The quantitative estimate of drug-likeness (QED) is 0.802. The normalized spacial score (nSPS) is 20.0. The Kier molecular flexibility index (Phi) is 5.71. The molecular formula is C17H18ClF3N4O2. The number of nitrogens with one attached hydrogen (secondary N) is 1. The van der Waals surface area contributed by atoms with Crippen LogP contribution in [0.25, 0.3) is 5.82 Å². The van der Waals surface area contributed by atoms with E-state index in [2.05, 4.69) is 15.4 Å². The van der Waals surface area contributed by atoms with Crippen LogP contribution in [-0.2, 0) is 6.18 Å². The van der Waals surface area contributed by atoms with Crippen LogP contribution in [0.1, 0.15) is 31.2 Å². The Balaban J connectivity index is 1.84. The zero-order valence-electron chi connectivity index (χ0n) is 14.2. The summed E-state index contributed by atoms with van der Waals surface area (Å²) in [6.07, 6.45) is 1.04. The van der Waals surface area contributed by atoms with E-state index in [1.165, 1.54) is 6.20 Å². The van der Waals surface area contributed by atoms with Crippen molar-refractivity contribution in [1.29, 1.82) is 0 Å². The van der Waals surface area contributed by atoms with Crippen LogP contribution in [0.3, 0.4) is 0 Å². The predicted octanol–water partition coefficient (Wildman–Crippen LogP) is 3.26. The number of rotatable bonds is 5. The lowest BCUT2D eigenvalue weighted by atomic mass is 10.00. The van der Waals surface area contributed by atoms with E-state index in [1.54, 1.807) is 0 Å². The summed E-state index contributed by atoms with van der Waals surface area (Å²) < 4.78 is 38.7. The van der Waals surface area contributed by atoms with Crippen molar-refractivity contribution in [3.8, 4) is 5.82 Å². The van der Waals surface area contributed by atoms with Gasteiger partial charge in [-0.15, -0.1) is 0 Å². The molecule has 0 amide bonds. The molecule has 1 aliphatic carbocycles. The van der Waals surface area contributed by atoms with Gasteiger partial charge in [0.15, 0.2) is 5.82 Å². The highest BCUT2D eigenvalue weighted by Crippen LogP contribution is 2.32. The van der Waals surface area contributed by atoms with Gasteiger partial charge in [0, 0.05) is 18.8 Å². The second-order valence-electron chi connectivity index (χ2n) is 6.45. The summed E-state index contributed by atoms with van der Waals surface area (Å²) in [5.74, 6) is 0.227. The van der Waals surface area contributed by atoms with Crippen LogP contribution in [0, 0.1) is 5.92 Å². The van der Waals surface area contributed by atoms with Gasteiger partial charge in [0.05, 0.1) is 17.4 Å². The minimum atomic E-state index is -4.51. The highest BCUT2D eigenvalue weighted by Gasteiger charge is 2.31. The molecule has 27 heavy (non-hydrogen) atoms. The Hall–Kier alpha value is -2.13. The van der Waals surface area contributed by atoms with Gasteiger partial charge in [-0.3, -0.25) is 4.79 Å². The van der Waals surface area contributed by atoms with Gasteiger partial charge in [0.2, 0.25) is 0 Å². The topological polar surface area (TPSA) is 80.0 Å². The van der Waals surface area contributed by atoms with Crippen molar-refractivity contribution in [2.24, 2.45) is 5.92 Å². The van der Waals surface area contributed by atoms with E-state index >= 15 is 0 Å². The maximum Gasteiger partial charge on any atom is 0.417 e. The molecule has 2 atom stereocenters. The molecule has 2 N–H and O–H groups in total. The number of alkyl halides is 3. The molecule has 3 rings (SSSR count). The Morgan fingerprint density at radius 3 is 2.70 bits per heavy atom. The number of aliphatic hydroxyl groups is 1. The monoisotopic (exact) mass is 402 g/mol. The molecular weight excluding hydrogens is 385 g/mol. The van der Waals surface area contributed by atoms with Gasteiger partial charge in [-0.05, 0) is 37.3 Å². The van der Waals surface area contributed by atoms with Gasteiger partial charge in [-0.1, -0.05) is 18.0 Å². The van der Waals surface area contributed by atoms with Crippen LogP contribution in [0.2, 0.25) is 5.02 Å². The van der Waals surface area contributed by atoms with Crippen LogP contribution in [0.5, 0.6) is 0 Å². The molecule has 0 saturated heterocycles. The molecule has 2 unspecified atom stereocenters. The summed E-state index contributed by atoms with van der Waals surface area (Å²) in [4.78, 5) is 16.1. The van der Waals surface area contributed by atoms with Crippen molar-refractivity contribution in [2.45, 2.75) is 37.9 Å². The van der Waals surface area contributed by atoms with Crippen molar-refractivity contribution in [3.63, 3.8) is 0 Å². The average molecular weight is 403 g/mol. The highest BCUT2D eigenvalue weighted by atomic mass is 35.5. The van der Waals surface area contributed by atoms with Gasteiger partial charge in [-0.25, -0.2) is 4.98 Å². The molecule has 1 aliphatic rings. The first kappa shape index (κ1) is 19.6. The lowest BCUT2D eigenvalue weighted by molar-refractivity contribution is -0.137. The van der Waals surface area contributed by atoms with E-state index in [9.17, 15) is 18.0 Å². The molecule has 0 spiro atoms. The molecule has 10 heteroatoms. The molecule has 6 nitrogen and oxygen atoms in total. The fourth-order valence-corrected chi connectivity index (χ4v) is 3.50. The first-order chi connectivity index (χ1) is 12.8. The van der Waals surface area contributed by atoms with Gasteiger partial charge in [0.1, 0.15) is 5.02 Å². The van der Waals surface area contributed by atoms with Crippen LogP contribution < -0.4 is 10.9 Å². The number of aliphatic hydroxyl groups excluding tert-OH is 1. The maximum absolute atomic E-state index is 12.6. The number of anilines is 1. The highest BCUT2D eigenvalue weighted by molar-refractivity contribution is 6.32. The fourth-order valence-electron chi connectivity index (χ4n) is 3.31. The zero-order valence-corrected chi connectivity index (χ0v) is 15.0. The van der Waals surface area contributed by atoms with E-state index in [4.69, 9.17) is 16.7 Å². The van der Waals surface area contributed by atoms with Crippen LogP contribution in [-0.4, -0.2) is 32.5 Å². The third-order valence-electron chi connectivity index (χ3n) is 4.71. The van der Waals surface area contributed by atoms with Crippen molar-refractivity contribution in [3.05, 3.63) is 45.5 Å². The summed E-state index contributed by atoms with van der Waals surface area (Å²) in [7, 11) is 0. The van der Waals surface area contributed by atoms with E-state index < -0.39 is 17.3 Å². The zero-order chi connectivity index (χ0) is 19.6. The van der Waals surface area contributed by atoms with Crippen molar-refractivity contribution in [1.82, 2.24) is 14.8 Å². The van der Waals surface area contributed by atoms with Gasteiger partial charge in [-0.2, -0.15) is 23.0 Å². The Labute approximate surface area is 158 Å². The molecule has 0 bridgehead atoms. The molecule has 0 radical (unpaired) electrons. The number of hydrogen-bond acceptors (Lipinski definition) is 5. The Morgan fingerprint density at radius 2 is 2.07 bits per heavy atom. The average Bonchev–Trinajstić information content (AvgIpc) is 3.06. The SMILES string of the molecule is O=c1c(Cl)c(NC2CCCC2CCO)cnn1-c1ccc(C(F)(F)F)cn1. The van der Waals surface area contributed by atoms with Gasteiger partial charge >= 0.3 is 6.18 Å². The first-order valence-electron chi connectivity index (χ1n) is 8.50. The summed E-state index contributed by atoms with van der Waals surface area (Å²) in [5, 5.41) is 16.2. The molecule has 2 aromatic heterocycles. The smallest absolute Gasteiger partial charge is 0.396 e. The van der Waals surface area contributed by atoms with Crippen LogP contribution in [0.15, 0.2) is 29.3 Å². The second kappa shape index (κ2) is 7.85. The fraction of sp³-hybridized carbons (Fsp3) is 0.471. The standard InChI is InChI=1S/C17H18ClF3N4O2/c18-15-13(24-12-3-1-2-10(12)6-7-26)9-23-25(16(15)27)14-5-4-11(8-22-14)17(19,20)21/h4-5,8-10,12,24,26H,1-3,6-7H2. The molecule has 2 aromatic rings. The lowest BCUT2D eigenvalue weighted by Gasteiger charge is -2.21. The van der Waals surface area contributed by atoms with E-state index in [0.717, 1.165) is 36.1 Å². The minimum Gasteiger partial charge on any atom is -0.396 e. The van der Waals surface area contributed by atoms with Gasteiger partial charge in [0.25, 0.3) is 5.56 Å². The second-order valence-corrected chi connectivity index (χ2v) is 6.82. The summed E-state index contributed by atoms with van der Waals surface area (Å²) in [6, 6.07) is 1.97. The Morgan fingerprint density at radius 1 is 1.30 bits per heavy atom. The number of hydrogen-bond donors (Lipinski definition) is 2. The number of halogens is 4. The number of pyridine rings is 1. The summed E-state index contributed by atoms with van der Waals surface area (Å²) >= 11 is 6.16. The summed E-state index contributed by atoms with van der Waals surface area (Å²) in [5.41, 5.74) is -1.23. The van der Waals surface area contributed by atoms with Crippen LogP contribution >= 0.6 is 11.6 Å². The molecule has 1 fully saturated rings. The molecule has 0 aromatic carbocycles. The van der Waals surface area contributed by atoms with Crippen molar-refractivity contribution < 1.29 is 18.3 Å². The number of aromatic nitrogens is 3. The Bertz CT molecular complexity index is 855. The third-order valence-corrected chi connectivity index (χ3v) is 5.08. The van der Waals surface area contributed by atoms with Crippen molar-refractivity contribution >= 4 is 17.3 Å². The lowest BCUT2D eigenvalue weighted by Crippen LogP contribution is -2.28. The first-order valence-corrected chi connectivity index (χ1v) is 8.88. The molecule has 0 aliphatic heterocycles. The molecule has 2 heterocycles. The van der Waals surface area contributed by atoms with E-state index in [-0.39, 0.29) is 29.4 Å². The van der Waals surface area contributed by atoms with E-state index in [1.807, 2.05) is 0 Å². The van der Waals surface area contributed by atoms with Crippen LogP contribution in [0.4, 0.5) is 18.9 Å².